The van der Waals surface area contributed by atoms with E-state index in [2.05, 4.69) is 33.3 Å². The van der Waals surface area contributed by atoms with Crippen LogP contribution in [0.3, 0.4) is 0 Å². The molecular formula is C27H30N3O4+. The molecule has 1 N–H and O–H groups in total. The van der Waals surface area contributed by atoms with Gasteiger partial charge in [0.1, 0.15) is 13.2 Å². The lowest BCUT2D eigenvalue weighted by atomic mass is 9.84. The number of hydrogen-bond acceptors (Lipinski definition) is 5. The number of rotatable bonds is 3. The Morgan fingerprint density at radius 2 is 1.88 bits per heavy atom. The topological polar surface area (TPSA) is 81.4 Å². The molecule has 2 aromatic heterocycles. The maximum Gasteiger partial charge on any atom is 0.343 e. The van der Waals surface area contributed by atoms with Gasteiger partial charge in [-0.3, -0.25) is 4.79 Å². The molecule has 0 saturated carbocycles. The first-order valence-electron chi connectivity index (χ1n) is 12.1. The standard InChI is InChI=1S/C27H30N3O4/c1-5-27(33)20-11-22-24-18(12-29(22)25(31)19(20)14-34-26(27)32)17-8-6-7-16-15(13-30(2,3)4)9-10-21(28-24)23(16)17/h9-11,33H,5-8,12-14H2,1-4H3/q+1/t27-/m0/s1. The highest BCUT2D eigenvalue weighted by Gasteiger charge is 2.45. The molecule has 7 nitrogen and oxygen atoms in total. The van der Waals surface area contributed by atoms with Gasteiger partial charge in [0.15, 0.2) is 5.60 Å². The van der Waals surface area contributed by atoms with Crippen molar-refractivity contribution < 1.29 is 19.1 Å². The van der Waals surface area contributed by atoms with Gasteiger partial charge in [0.25, 0.3) is 5.56 Å². The normalized spacial score (nSPS) is 20.7. The molecular weight excluding hydrogens is 430 g/mol. The van der Waals surface area contributed by atoms with Crippen molar-refractivity contribution in [3.63, 3.8) is 0 Å². The van der Waals surface area contributed by atoms with Crippen molar-refractivity contribution in [2.75, 3.05) is 21.1 Å². The smallest absolute Gasteiger partial charge is 0.343 e. The lowest BCUT2D eigenvalue weighted by Gasteiger charge is -2.31. The number of carbonyl (C=O) groups is 1. The zero-order valence-corrected chi connectivity index (χ0v) is 20.2. The Morgan fingerprint density at radius 1 is 1.12 bits per heavy atom. The molecule has 0 spiro atoms. The molecule has 0 bridgehead atoms. The summed E-state index contributed by atoms with van der Waals surface area (Å²) in [6.45, 7) is 3.04. The van der Waals surface area contributed by atoms with Crippen LogP contribution in [-0.4, -0.2) is 46.3 Å². The Balaban J connectivity index is 1.60. The van der Waals surface area contributed by atoms with Crippen LogP contribution in [0.1, 0.15) is 53.1 Å². The van der Waals surface area contributed by atoms with Crippen LogP contribution in [0.4, 0.5) is 0 Å². The van der Waals surface area contributed by atoms with Gasteiger partial charge in [0.05, 0.1) is 50.2 Å². The van der Waals surface area contributed by atoms with Crippen LogP contribution in [0.2, 0.25) is 0 Å². The number of cyclic esters (lactones) is 1. The molecule has 176 valence electrons. The summed E-state index contributed by atoms with van der Waals surface area (Å²) in [5.41, 5.74) is 6.32. The van der Waals surface area contributed by atoms with E-state index in [0.29, 0.717) is 23.4 Å². The average Bonchev–Trinajstić information content (AvgIpc) is 3.17. The van der Waals surface area contributed by atoms with Gasteiger partial charge in [0.2, 0.25) is 0 Å². The molecule has 0 saturated heterocycles. The first-order valence-corrected chi connectivity index (χ1v) is 12.1. The number of carbonyl (C=O) groups excluding carboxylic acids is 1. The number of pyridine rings is 2. The van der Waals surface area contributed by atoms with Crippen LogP contribution in [0.5, 0.6) is 0 Å². The number of aliphatic hydroxyl groups is 1. The molecule has 1 aliphatic carbocycles. The van der Waals surface area contributed by atoms with Crippen LogP contribution in [-0.2, 0) is 47.7 Å². The second kappa shape index (κ2) is 6.99. The first-order chi connectivity index (χ1) is 16.1. The molecule has 3 aromatic rings. The van der Waals surface area contributed by atoms with E-state index in [1.54, 1.807) is 17.6 Å². The molecule has 6 rings (SSSR count). The number of fused-ring (bicyclic) bond motifs is 5. The van der Waals surface area contributed by atoms with Crippen LogP contribution in [0, 0.1) is 0 Å². The maximum atomic E-state index is 13.5. The SMILES string of the molecule is CC[C@@]1(O)C(=O)OCc2c1cc1n(c2=O)Cc2c-1nc1ccc(C[N+](C)(C)C)c3c1c2CCC3. The summed E-state index contributed by atoms with van der Waals surface area (Å²) in [5, 5.41) is 12.4. The number of nitrogens with zero attached hydrogens (tertiary/aromatic N) is 3. The minimum absolute atomic E-state index is 0.104. The third-order valence-electron chi connectivity index (χ3n) is 7.67. The molecule has 4 heterocycles. The van der Waals surface area contributed by atoms with E-state index in [9.17, 15) is 14.7 Å². The van der Waals surface area contributed by atoms with Crippen molar-refractivity contribution in [3.05, 3.63) is 61.9 Å². The van der Waals surface area contributed by atoms with Crippen LogP contribution >= 0.6 is 0 Å². The Kier molecular flexibility index (Phi) is 4.42. The molecule has 34 heavy (non-hydrogen) atoms. The second-order valence-electron chi connectivity index (χ2n) is 10.9. The van der Waals surface area contributed by atoms with Gasteiger partial charge in [0, 0.05) is 22.1 Å². The van der Waals surface area contributed by atoms with E-state index in [1.165, 1.54) is 22.1 Å². The second-order valence-corrected chi connectivity index (χ2v) is 10.9. The summed E-state index contributed by atoms with van der Waals surface area (Å²) in [4.78, 5) is 31.0. The third kappa shape index (κ3) is 2.86. The van der Waals surface area contributed by atoms with Crippen molar-refractivity contribution >= 4 is 16.9 Å². The number of aryl methyl sites for hydroxylation is 2. The van der Waals surface area contributed by atoms with E-state index >= 15 is 0 Å². The highest BCUT2D eigenvalue weighted by atomic mass is 16.6. The lowest BCUT2D eigenvalue weighted by molar-refractivity contribution is -0.884. The zero-order chi connectivity index (χ0) is 24.0. The van der Waals surface area contributed by atoms with Crippen molar-refractivity contribution in [2.45, 2.75) is 57.9 Å². The molecule has 0 radical (unpaired) electrons. The van der Waals surface area contributed by atoms with Gasteiger partial charge >= 0.3 is 5.97 Å². The summed E-state index contributed by atoms with van der Waals surface area (Å²) in [5.74, 6) is -0.693. The number of aromatic nitrogens is 2. The van der Waals surface area contributed by atoms with Gasteiger partial charge in [-0.2, -0.15) is 0 Å². The Hall–Kier alpha value is -3.03. The van der Waals surface area contributed by atoms with E-state index in [4.69, 9.17) is 9.72 Å². The van der Waals surface area contributed by atoms with Crippen molar-refractivity contribution in [1.82, 2.24) is 9.55 Å². The van der Waals surface area contributed by atoms with Crippen LogP contribution in [0.15, 0.2) is 23.0 Å². The number of benzene rings is 1. The van der Waals surface area contributed by atoms with Crippen LogP contribution < -0.4 is 5.56 Å². The lowest BCUT2D eigenvalue weighted by Crippen LogP contribution is -2.44. The number of hydrogen-bond donors (Lipinski definition) is 1. The minimum atomic E-state index is -1.80. The van der Waals surface area contributed by atoms with Crippen molar-refractivity contribution in [1.29, 1.82) is 0 Å². The van der Waals surface area contributed by atoms with Gasteiger partial charge in [-0.25, -0.2) is 9.78 Å². The largest absolute Gasteiger partial charge is 0.458 e. The quantitative estimate of drug-likeness (QED) is 0.376. The highest BCUT2D eigenvalue weighted by Crippen LogP contribution is 2.43. The third-order valence-corrected chi connectivity index (χ3v) is 7.67. The van der Waals surface area contributed by atoms with E-state index in [1.807, 2.05) is 0 Å². The Labute approximate surface area is 198 Å². The molecule has 1 aromatic carbocycles. The van der Waals surface area contributed by atoms with Gasteiger partial charge < -0.3 is 18.9 Å². The van der Waals surface area contributed by atoms with Crippen molar-refractivity contribution in [2.24, 2.45) is 0 Å². The fourth-order valence-electron chi connectivity index (χ4n) is 6.05. The first kappa shape index (κ1) is 21.5. The average molecular weight is 461 g/mol. The summed E-state index contributed by atoms with van der Waals surface area (Å²) < 4.78 is 7.79. The van der Waals surface area contributed by atoms with E-state index in [0.717, 1.165) is 47.1 Å². The summed E-state index contributed by atoms with van der Waals surface area (Å²) in [7, 11) is 6.62. The number of ether oxygens (including phenoxy) is 1. The molecule has 0 amide bonds. The van der Waals surface area contributed by atoms with Crippen LogP contribution in [0.25, 0.3) is 22.3 Å². The van der Waals surface area contributed by atoms with E-state index < -0.39 is 11.6 Å². The summed E-state index contributed by atoms with van der Waals surface area (Å²) in [6.07, 6.45) is 3.23. The summed E-state index contributed by atoms with van der Waals surface area (Å²) >= 11 is 0. The van der Waals surface area contributed by atoms with Gasteiger partial charge in [-0.05, 0) is 48.9 Å². The molecule has 0 unspecified atom stereocenters. The maximum absolute atomic E-state index is 13.5. The fourth-order valence-corrected chi connectivity index (χ4v) is 6.05. The molecule has 1 atom stereocenters. The summed E-state index contributed by atoms with van der Waals surface area (Å²) in [6, 6.07) is 6.11. The molecule has 3 aliphatic rings. The van der Waals surface area contributed by atoms with Gasteiger partial charge in [-0.15, -0.1) is 0 Å². The molecule has 2 aliphatic heterocycles. The van der Waals surface area contributed by atoms with Crippen molar-refractivity contribution in [3.8, 4) is 11.4 Å². The number of esters is 1. The molecule has 7 heteroatoms. The predicted molar refractivity (Wildman–Crippen MR) is 128 cm³/mol. The predicted octanol–water partition coefficient (Wildman–Crippen LogP) is 2.77. The van der Waals surface area contributed by atoms with E-state index in [-0.39, 0.29) is 18.6 Å². The number of quaternary nitrogens is 1. The Bertz CT molecular complexity index is 1460. The Morgan fingerprint density at radius 3 is 2.62 bits per heavy atom. The minimum Gasteiger partial charge on any atom is -0.458 e. The fraction of sp³-hybridized carbons (Fsp3) is 0.444. The molecule has 0 fully saturated rings. The zero-order valence-electron chi connectivity index (χ0n) is 20.2. The van der Waals surface area contributed by atoms with Gasteiger partial charge in [-0.1, -0.05) is 13.0 Å². The highest BCUT2D eigenvalue weighted by molar-refractivity contribution is 5.92. The monoisotopic (exact) mass is 460 g/mol.